The van der Waals surface area contributed by atoms with E-state index in [1.807, 2.05) is 61.5 Å². The molecule has 7 heteroatoms. The van der Waals surface area contributed by atoms with Gasteiger partial charge in [-0.15, -0.1) is 0 Å². The van der Waals surface area contributed by atoms with E-state index in [-0.39, 0.29) is 24.2 Å². The van der Waals surface area contributed by atoms with Crippen LogP contribution in [0, 0.1) is 0 Å². The average molecular weight is 371 g/mol. The lowest BCUT2D eigenvalue weighted by atomic mass is 10.1. The number of rotatable bonds is 6. The molecule has 136 valence electrons. The molecule has 1 heterocycles. The minimum Gasteiger partial charge on any atom is -0.348 e. The molecule has 0 bridgehead atoms. The lowest BCUT2D eigenvalue weighted by Crippen LogP contribution is -2.30. The number of fused-ring (bicyclic) bond motifs is 1. The van der Waals surface area contributed by atoms with E-state index in [1.54, 1.807) is 4.57 Å². The summed E-state index contributed by atoms with van der Waals surface area (Å²) in [5, 5.41) is 2.95. The van der Waals surface area contributed by atoms with Crippen LogP contribution in [0.2, 0.25) is 0 Å². The van der Waals surface area contributed by atoms with Gasteiger partial charge >= 0.3 is 0 Å². The summed E-state index contributed by atoms with van der Waals surface area (Å²) < 4.78 is 25.1. The van der Waals surface area contributed by atoms with E-state index in [2.05, 4.69) is 10.3 Å². The molecule has 0 saturated carbocycles. The predicted molar refractivity (Wildman–Crippen MR) is 101 cm³/mol. The summed E-state index contributed by atoms with van der Waals surface area (Å²) in [4.78, 5) is 16.9. The third-order valence-electron chi connectivity index (χ3n) is 4.10. The lowest BCUT2D eigenvalue weighted by molar-refractivity contribution is -0.122. The Morgan fingerprint density at radius 2 is 1.77 bits per heavy atom. The Hall–Kier alpha value is -2.67. The van der Waals surface area contributed by atoms with E-state index in [1.165, 1.54) is 0 Å². The number of amides is 1. The Kier molecular flexibility index (Phi) is 5.08. The van der Waals surface area contributed by atoms with Crippen molar-refractivity contribution in [3.8, 4) is 0 Å². The van der Waals surface area contributed by atoms with E-state index < -0.39 is 9.84 Å². The topological polar surface area (TPSA) is 81.1 Å². The molecule has 1 atom stereocenters. The van der Waals surface area contributed by atoms with Gasteiger partial charge in [-0.2, -0.15) is 0 Å². The van der Waals surface area contributed by atoms with Gasteiger partial charge in [-0.05, 0) is 24.6 Å². The first kappa shape index (κ1) is 18.1. The van der Waals surface area contributed by atoms with E-state index in [9.17, 15) is 13.2 Å². The molecule has 1 unspecified atom stereocenters. The molecule has 2 aromatic carbocycles. The molecule has 6 nitrogen and oxygen atoms in total. The summed E-state index contributed by atoms with van der Waals surface area (Å²) in [5.74, 6) is -0.0288. The van der Waals surface area contributed by atoms with E-state index in [0.717, 1.165) is 17.3 Å². The summed E-state index contributed by atoms with van der Waals surface area (Å²) in [6.45, 7) is 1.93. The third kappa shape index (κ3) is 4.29. The molecule has 1 aromatic heterocycles. The van der Waals surface area contributed by atoms with E-state index >= 15 is 0 Å². The van der Waals surface area contributed by atoms with Gasteiger partial charge in [0.1, 0.15) is 18.1 Å². The summed E-state index contributed by atoms with van der Waals surface area (Å²) in [6.07, 6.45) is 1.16. The first-order valence-electron chi connectivity index (χ1n) is 8.29. The van der Waals surface area contributed by atoms with Crippen LogP contribution in [0.1, 0.15) is 24.4 Å². The van der Waals surface area contributed by atoms with Crippen LogP contribution in [-0.2, 0) is 26.9 Å². The van der Waals surface area contributed by atoms with E-state index in [4.69, 9.17) is 0 Å². The minimum absolute atomic E-state index is 0.0164. The highest BCUT2D eigenvalue weighted by atomic mass is 32.2. The Bertz CT molecular complexity index is 1030. The van der Waals surface area contributed by atoms with Crippen molar-refractivity contribution >= 4 is 26.8 Å². The number of hydrogen-bond donors (Lipinski definition) is 1. The zero-order valence-corrected chi connectivity index (χ0v) is 15.5. The molecule has 26 heavy (non-hydrogen) atoms. The number of carbonyl (C=O) groups is 1. The van der Waals surface area contributed by atoms with Crippen LogP contribution in [0.4, 0.5) is 0 Å². The molecular formula is C19H21N3O3S. The van der Waals surface area contributed by atoms with Gasteiger partial charge in [-0.1, -0.05) is 42.5 Å². The maximum Gasteiger partial charge on any atom is 0.240 e. The van der Waals surface area contributed by atoms with Gasteiger partial charge in [0, 0.05) is 6.26 Å². The van der Waals surface area contributed by atoms with Gasteiger partial charge in [0.2, 0.25) is 5.91 Å². The highest BCUT2D eigenvalue weighted by Gasteiger charge is 2.18. The van der Waals surface area contributed by atoms with Crippen molar-refractivity contribution in [2.45, 2.75) is 25.3 Å². The largest absolute Gasteiger partial charge is 0.348 e. The third-order valence-corrected chi connectivity index (χ3v) is 4.89. The maximum atomic E-state index is 12.5. The second-order valence-corrected chi connectivity index (χ2v) is 8.51. The highest BCUT2D eigenvalue weighted by molar-refractivity contribution is 7.89. The van der Waals surface area contributed by atoms with E-state index in [0.29, 0.717) is 11.3 Å². The zero-order chi connectivity index (χ0) is 18.7. The molecular weight excluding hydrogens is 350 g/mol. The van der Waals surface area contributed by atoms with Gasteiger partial charge < -0.3 is 9.88 Å². The van der Waals surface area contributed by atoms with Crippen molar-refractivity contribution in [2.24, 2.45) is 0 Å². The van der Waals surface area contributed by atoms with Gasteiger partial charge in [0.25, 0.3) is 0 Å². The summed E-state index contributed by atoms with van der Waals surface area (Å²) in [5.41, 5.74) is 2.43. The highest BCUT2D eigenvalue weighted by Crippen LogP contribution is 2.18. The molecule has 0 aliphatic heterocycles. The molecule has 0 spiro atoms. The Morgan fingerprint density at radius 3 is 2.46 bits per heavy atom. The van der Waals surface area contributed by atoms with Gasteiger partial charge in [0.15, 0.2) is 9.84 Å². The molecule has 3 rings (SSSR count). The quantitative estimate of drug-likeness (QED) is 0.722. The molecule has 0 aliphatic rings. The number of aromatic nitrogens is 2. The number of carbonyl (C=O) groups excluding carboxylic acids is 1. The van der Waals surface area contributed by atoms with Crippen molar-refractivity contribution in [3.63, 3.8) is 0 Å². The van der Waals surface area contributed by atoms with Crippen LogP contribution < -0.4 is 5.32 Å². The lowest BCUT2D eigenvalue weighted by Gasteiger charge is -2.15. The number of para-hydroxylation sites is 2. The number of imidazole rings is 1. The van der Waals surface area contributed by atoms with Crippen molar-refractivity contribution in [1.29, 1.82) is 0 Å². The second-order valence-electron chi connectivity index (χ2n) is 6.37. The fraction of sp³-hybridized carbons (Fsp3) is 0.263. The number of nitrogens with one attached hydrogen (secondary N) is 1. The number of sulfone groups is 1. The fourth-order valence-corrected chi connectivity index (χ4v) is 3.59. The first-order valence-corrected chi connectivity index (χ1v) is 10.4. The number of hydrogen-bond acceptors (Lipinski definition) is 4. The van der Waals surface area contributed by atoms with Crippen molar-refractivity contribution < 1.29 is 13.2 Å². The summed E-state index contributed by atoms with van der Waals surface area (Å²) >= 11 is 0. The fourth-order valence-electron chi connectivity index (χ4n) is 2.90. The monoisotopic (exact) mass is 371 g/mol. The van der Waals surface area contributed by atoms with Crippen LogP contribution in [0.5, 0.6) is 0 Å². The maximum absolute atomic E-state index is 12.5. The molecule has 1 N–H and O–H groups in total. The zero-order valence-electron chi connectivity index (χ0n) is 14.7. The SMILES string of the molecule is CC(NC(=O)Cn1c(CS(C)(=O)=O)nc2ccccc21)c1ccccc1. The first-order chi connectivity index (χ1) is 12.3. The smallest absolute Gasteiger partial charge is 0.240 e. The van der Waals surface area contributed by atoms with Gasteiger partial charge in [-0.3, -0.25) is 4.79 Å². The van der Waals surface area contributed by atoms with Crippen molar-refractivity contribution in [3.05, 3.63) is 66.0 Å². The molecule has 0 aliphatic carbocycles. The standard InChI is InChI=1S/C19H21N3O3S/c1-14(15-8-4-3-5-9-15)20-19(23)12-22-17-11-7-6-10-16(17)21-18(22)13-26(2,24)25/h3-11,14H,12-13H2,1-2H3,(H,20,23). The van der Waals surface area contributed by atoms with Crippen molar-refractivity contribution in [2.75, 3.05) is 6.26 Å². The van der Waals surface area contributed by atoms with Crippen LogP contribution >= 0.6 is 0 Å². The van der Waals surface area contributed by atoms with Gasteiger partial charge in [0.05, 0.1) is 17.1 Å². The van der Waals surface area contributed by atoms with Crippen molar-refractivity contribution in [1.82, 2.24) is 14.9 Å². The second kappa shape index (κ2) is 7.29. The predicted octanol–water partition coefficient (Wildman–Crippen LogP) is 2.46. The Morgan fingerprint density at radius 1 is 1.12 bits per heavy atom. The Balaban J connectivity index is 1.85. The molecule has 0 fully saturated rings. The van der Waals surface area contributed by atoms with Crippen LogP contribution in [0.3, 0.4) is 0 Å². The average Bonchev–Trinajstić information content (AvgIpc) is 2.91. The number of nitrogens with zero attached hydrogens (tertiary/aromatic N) is 2. The Labute approximate surface area is 152 Å². The van der Waals surface area contributed by atoms with Crippen LogP contribution in [0.25, 0.3) is 11.0 Å². The summed E-state index contributed by atoms with van der Waals surface area (Å²) in [7, 11) is -3.26. The molecule has 0 saturated heterocycles. The van der Waals surface area contributed by atoms with Gasteiger partial charge in [-0.25, -0.2) is 13.4 Å². The molecule has 1 amide bonds. The molecule has 0 radical (unpaired) electrons. The van der Waals surface area contributed by atoms with Crippen LogP contribution in [-0.4, -0.2) is 30.1 Å². The van der Waals surface area contributed by atoms with Crippen LogP contribution in [0.15, 0.2) is 54.6 Å². The normalized spacial score (nSPS) is 12.8. The molecule has 3 aromatic rings. The summed E-state index contributed by atoms with van der Waals surface area (Å²) in [6, 6.07) is 16.8. The minimum atomic E-state index is -3.26. The number of benzene rings is 2.